The molecule has 0 bridgehead atoms. The average Bonchev–Trinajstić information content (AvgIpc) is 2.23. The smallest absolute Gasteiger partial charge is 0.0221 e. The zero-order chi connectivity index (χ0) is 9.80. The summed E-state index contributed by atoms with van der Waals surface area (Å²) in [6.07, 6.45) is 7.71. The third kappa shape index (κ3) is 2.69. The fraction of sp³-hybridized carbons (Fsp3) is 1.00. The van der Waals surface area contributed by atoms with Crippen LogP contribution in [0, 0.1) is 0 Å². The molecule has 1 aliphatic carbocycles. The molecule has 0 aromatic rings. The molecule has 1 unspecified atom stereocenters. The summed E-state index contributed by atoms with van der Waals surface area (Å²) in [5.41, 5.74) is 6.12. The van der Waals surface area contributed by atoms with Gasteiger partial charge in [-0.25, -0.2) is 0 Å². The van der Waals surface area contributed by atoms with E-state index >= 15 is 0 Å². The van der Waals surface area contributed by atoms with E-state index in [4.69, 9.17) is 5.73 Å². The second-order valence-corrected chi connectivity index (χ2v) is 4.75. The zero-order valence-electron chi connectivity index (χ0n) is 8.97. The molecule has 3 nitrogen and oxygen atoms in total. The van der Waals surface area contributed by atoms with Gasteiger partial charge in [-0.3, -0.25) is 0 Å². The largest absolute Gasteiger partial charge is 0.326 e. The molecule has 0 spiro atoms. The molecule has 0 aromatic heterocycles. The van der Waals surface area contributed by atoms with Crippen LogP contribution >= 0.6 is 0 Å². The van der Waals surface area contributed by atoms with Crippen LogP contribution in [0.15, 0.2) is 0 Å². The van der Waals surface area contributed by atoms with Crippen molar-refractivity contribution in [3.8, 4) is 0 Å². The van der Waals surface area contributed by atoms with Gasteiger partial charge in [-0.1, -0.05) is 12.8 Å². The maximum absolute atomic E-state index is 6.12. The predicted molar refractivity (Wildman–Crippen MR) is 59.3 cm³/mol. The minimum atomic E-state index is 0.402. The first kappa shape index (κ1) is 10.4. The van der Waals surface area contributed by atoms with Gasteiger partial charge in [0.25, 0.3) is 0 Å². The van der Waals surface area contributed by atoms with Crippen LogP contribution in [0.4, 0.5) is 0 Å². The summed E-state index contributed by atoms with van der Waals surface area (Å²) in [6, 6.07) is 1.70. The maximum atomic E-state index is 6.12. The van der Waals surface area contributed by atoms with Crippen LogP contribution in [0.3, 0.4) is 0 Å². The molecule has 0 amide bonds. The molecule has 0 radical (unpaired) electrons. The van der Waals surface area contributed by atoms with Gasteiger partial charge >= 0.3 is 0 Å². The summed E-state index contributed by atoms with van der Waals surface area (Å²) in [7, 11) is 0. The fourth-order valence-electron chi connectivity index (χ4n) is 2.66. The van der Waals surface area contributed by atoms with Crippen molar-refractivity contribution >= 4 is 0 Å². The molecule has 2 aliphatic rings. The Balaban J connectivity index is 1.76. The van der Waals surface area contributed by atoms with E-state index in [1.54, 1.807) is 0 Å². The molecule has 2 rings (SSSR count). The summed E-state index contributed by atoms with van der Waals surface area (Å²) in [4.78, 5) is 0. The maximum Gasteiger partial charge on any atom is 0.0221 e. The molecule has 1 heterocycles. The van der Waals surface area contributed by atoms with E-state index in [-0.39, 0.29) is 0 Å². The van der Waals surface area contributed by atoms with Crippen LogP contribution < -0.4 is 16.4 Å². The van der Waals surface area contributed by atoms with Crippen molar-refractivity contribution in [2.24, 2.45) is 5.73 Å². The Morgan fingerprint density at radius 3 is 2.43 bits per heavy atom. The molecule has 1 saturated carbocycles. The van der Waals surface area contributed by atoms with Gasteiger partial charge in [0.05, 0.1) is 0 Å². The lowest BCUT2D eigenvalue weighted by molar-refractivity contribution is 0.272. The number of nitrogens with two attached hydrogens (primary N) is 1. The SMILES string of the molecule is NC1CCCC[C@H]1NC1CCNCC1. The van der Waals surface area contributed by atoms with E-state index in [1.165, 1.54) is 51.6 Å². The third-order valence-electron chi connectivity index (χ3n) is 3.61. The highest BCUT2D eigenvalue weighted by atomic mass is 15.0. The first-order chi connectivity index (χ1) is 6.86. The fourth-order valence-corrected chi connectivity index (χ4v) is 2.66. The van der Waals surface area contributed by atoms with Gasteiger partial charge in [0.2, 0.25) is 0 Å². The quantitative estimate of drug-likeness (QED) is 0.607. The predicted octanol–water partition coefficient (Wildman–Crippen LogP) is 0.598. The van der Waals surface area contributed by atoms with E-state index in [9.17, 15) is 0 Å². The Hall–Kier alpha value is -0.120. The van der Waals surface area contributed by atoms with Gasteiger partial charge in [-0.15, -0.1) is 0 Å². The van der Waals surface area contributed by atoms with Crippen molar-refractivity contribution in [2.45, 2.75) is 56.7 Å². The minimum absolute atomic E-state index is 0.402. The lowest BCUT2D eigenvalue weighted by atomic mass is 9.90. The average molecular weight is 197 g/mol. The highest BCUT2D eigenvalue weighted by molar-refractivity contribution is 4.87. The lowest BCUT2D eigenvalue weighted by Gasteiger charge is -2.34. The summed E-state index contributed by atoms with van der Waals surface area (Å²) in [6.45, 7) is 2.33. The minimum Gasteiger partial charge on any atom is -0.326 e. The molecule has 2 fully saturated rings. The molecule has 3 heteroatoms. The Bertz CT molecular complexity index is 166. The number of piperidine rings is 1. The third-order valence-corrected chi connectivity index (χ3v) is 3.61. The number of nitrogens with one attached hydrogen (secondary N) is 2. The molecular formula is C11H23N3. The van der Waals surface area contributed by atoms with Gasteiger partial charge in [-0.05, 0) is 38.8 Å². The lowest BCUT2D eigenvalue weighted by Crippen LogP contribution is -2.53. The molecule has 4 N–H and O–H groups in total. The molecule has 82 valence electrons. The molecule has 0 aromatic carbocycles. The van der Waals surface area contributed by atoms with Crippen LogP contribution in [-0.4, -0.2) is 31.2 Å². The van der Waals surface area contributed by atoms with Gasteiger partial charge < -0.3 is 16.4 Å². The second-order valence-electron chi connectivity index (χ2n) is 4.75. The Morgan fingerprint density at radius 2 is 1.71 bits per heavy atom. The van der Waals surface area contributed by atoms with E-state index in [2.05, 4.69) is 10.6 Å². The summed E-state index contributed by atoms with van der Waals surface area (Å²) in [5.74, 6) is 0. The first-order valence-corrected chi connectivity index (χ1v) is 6.08. The molecule has 14 heavy (non-hydrogen) atoms. The standard InChI is InChI=1S/C11H23N3/c12-10-3-1-2-4-11(10)14-9-5-7-13-8-6-9/h9-11,13-14H,1-8,12H2/t10?,11-/m1/s1. The summed E-state index contributed by atoms with van der Waals surface area (Å²) in [5, 5.41) is 7.13. The van der Waals surface area contributed by atoms with Crippen LogP contribution in [0.5, 0.6) is 0 Å². The highest BCUT2D eigenvalue weighted by Crippen LogP contribution is 2.18. The Morgan fingerprint density at radius 1 is 1.00 bits per heavy atom. The van der Waals surface area contributed by atoms with Crippen molar-refractivity contribution < 1.29 is 0 Å². The van der Waals surface area contributed by atoms with Crippen molar-refractivity contribution in [2.75, 3.05) is 13.1 Å². The van der Waals surface area contributed by atoms with Gasteiger partial charge in [0.15, 0.2) is 0 Å². The van der Waals surface area contributed by atoms with E-state index in [0.717, 1.165) is 0 Å². The molecular weight excluding hydrogens is 174 g/mol. The van der Waals surface area contributed by atoms with Crippen LogP contribution in [0.2, 0.25) is 0 Å². The zero-order valence-corrected chi connectivity index (χ0v) is 8.97. The number of hydrogen-bond acceptors (Lipinski definition) is 3. The van der Waals surface area contributed by atoms with Crippen molar-refractivity contribution in [1.82, 2.24) is 10.6 Å². The molecule has 1 saturated heterocycles. The van der Waals surface area contributed by atoms with Crippen molar-refractivity contribution in [3.63, 3.8) is 0 Å². The number of hydrogen-bond donors (Lipinski definition) is 3. The summed E-state index contributed by atoms with van der Waals surface area (Å²) >= 11 is 0. The molecule has 2 atom stereocenters. The first-order valence-electron chi connectivity index (χ1n) is 6.08. The van der Waals surface area contributed by atoms with Gasteiger partial charge in [-0.2, -0.15) is 0 Å². The number of rotatable bonds is 2. The van der Waals surface area contributed by atoms with Crippen molar-refractivity contribution in [3.05, 3.63) is 0 Å². The van der Waals surface area contributed by atoms with Crippen LogP contribution in [-0.2, 0) is 0 Å². The van der Waals surface area contributed by atoms with E-state index < -0.39 is 0 Å². The van der Waals surface area contributed by atoms with Gasteiger partial charge in [0, 0.05) is 18.1 Å². The topological polar surface area (TPSA) is 50.1 Å². The van der Waals surface area contributed by atoms with Gasteiger partial charge in [0.1, 0.15) is 0 Å². The van der Waals surface area contributed by atoms with E-state index in [1.807, 2.05) is 0 Å². The van der Waals surface area contributed by atoms with Crippen LogP contribution in [0.25, 0.3) is 0 Å². The summed E-state index contributed by atoms with van der Waals surface area (Å²) < 4.78 is 0. The normalized spacial score (nSPS) is 35.8. The Kier molecular flexibility index (Phi) is 3.79. The monoisotopic (exact) mass is 197 g/mol. The van der Waals surface area contributed by atoms with E-state index in [0.29, 0.717) is 18.1 Å². The van der Waals surface area contributed by atoms with Crippen LogP contribution in [0.1, 0.15) is 38.5 Å². The second kappa shape index (κ2) is 5.10. The molecule has 1 aliphatic heterocycles. The van der Waals surface area contributed by atoms with Crippen molar-refractivity contribution in [1.29, 1.82) is 0 Å². The highest BCUT2D eigenvalue weighted by Gasteiger charge is 2.24. The Labute approximate surface area is 86.8 Å².